The SMILES string of the molecule is CCc1ccc(COc2ccnn2-c2cc(C(O)OC)ccn2)cc1. The number of aryl methyl sites for hydroxylation is 1. The van der Waals surface area contributed by atoms with E-state index in [0.29, 0.717) is 23.9 Å². The van der Waals surface area contributed by atoms with E-state index in [9.17, 15) is 5.11 Å². The quantitative estimate of drug-likeness (QED) is 0.670. The molecule has 2 heterocycles. The molecule has 1 unspecified atom stereocenters. The van der Waals surface area contributed by atoms with Gasteiger partial charge in [-0.2, -0.15) is 9.78 Å². The van der Waals surface area contributed by atoms with E-state index in [1.165, 1.54) is 12.7 Å². The normalized spacial score (nSPS) is 12.1. The van der Waals surface area contributed by atoms with Crippen LogP contribution in [-0.4, -0.2) is 27.0 Å². The van der Waals surface area contributed by atoms with Crippen LogP contribution >= 0.6 is 0 Å². The lowest BCUT2D eigenvalue weighted by atomic mass is 10.1. The molecule has 6 nitrogen and oxygen atoms in total. The number of pyridine rings is 1. The molecule has 0 saturated heterocycles. The summed E-state index contributed by atoms with van der Waals surface area (Å²) in [5.41, 5.74) is 2.98. The van der Waals surface area contributed by atoms with E-state index >= 15 is 0 Å². The minimum absolute atomic E-state index is 0.441. The van der Waals surface area contributed by atoms with Crippen molar-refractivity contribution < 1.29 is 14.6 Å². The Morgan fingerprint density at radius 3 is 2.56 bits per heavy atom. The van der Waals surface area contributed by atoms with Gasteiger partial charge in [0.1, 0.15) is 6.61 Å². The average molecular weight is 339 g/mol. The van der Waals surface area contributed by atoms with Crippen LogP contribution in [0.25, 0.3) is 5.82 Å². The van der Waals surface area contributed by atoms with Gasteiger partial charge in [0.2, 0.25) is 5.88 Å². The summed E-state index contributed by atoms with van der Waals surface area (Å²) in [6, 6.07) is 13.5. The Labute approximate surface area is 146 Å². The van der Waals surface area contributed by atoms with Crippen molar-refractivity contribution in [3.8, 4) is 11.7 Å². The van der Waals surface area contributed by atoms with Crippen LogP contribution < -0.4 is 4.74 Å². The van der Waals surface area contributed by atoms with Crippen LogP contribution in [0.3, 0.4) is 0 Å². The van der Waals surface area contributed by atoms with Gasteiger partial charge in [-0.25, -0.2) is 4.98 Å². The van der Waals surface area contributed by atoms with Crippen LogP contribution in [0.4, 0.5) is 0 Å². The summed E-state index contributed by atoms with van der Waals surface area (Å²) in [6.45, 7) is 2.57. The van der Waals surface area contributed by atoms with Gasteiger partial charge in [-0.3, -0.25) is 0 Å². The lowest BCUT2D eigenvalue weighted by Gasteiger charge is -2.12. The van der Waals surface area contributed by atoms with E-state index in [1.54, 1.807) is 35.3 Å². The summed E-state index contributed by atoms with van der Waals surface area (Å²) in [6.07, 6.45) is 3.26. The number of benzene rings is 1. The van der Waals surface area contributed by atoms with Gasteiger partial charge >= 0.3 is 0 Å². The molecule has 2 aromatic heterocycles. The van der Waals surface area contributed by atoms with Gasteiger partial charge in [-0.05, 0) is 29.7 Å². The molecule has 0 fully saturated rings. The number of ether oxygens (including phenoxy) is 2. The van der Waals surface area contributed by atoms with Crippen LogP contribution in [0.5, 0.6) is 5.88 Å². The third-order valence-corrected chi connectivity index (χ3v) is 3.92. The summed E-state index contributed by atoms with van der Waals surface area (Å²) in [7, 11) is 1.44. The number of aromatic nitrogens is 3. The Hall–Kier alpha value is -2.70. The van der Waals surface area contributed by atoms with Crippen molar-refractivity contribution in [2.24, 2.45) is 0 Å². The fourth-order valence-corrected chi connectivity index (χ4v) is 2.44. The molecule has 0 aliphatic carbocycles. The zero-order chi connectivity index (χ0) is 17.6. The van der Waals surface area contributed by atoms with Crippen LogP contribution in [-0.2, 0) is 17.8 Å². The number of methoxy groups -OCH3 is 1. The lowest BCUT2D eigenvalue weighted by Crippen LogP contribution is -2.07. The highest BCUT2D eigenvalue weighted by molar-refractivity contribution is 5.32. The van der Waals surface area contributed by atoms with Crippen molar-refractivity contribution in [1.82, 2.24) is 14.8 Å². The maximum Gasteiger partial charge on any atom is 0.218 e. The molecule has 0 saturated carbocycles. The van der Waals surface area contributed by atoms with Crippen LogP contribution in [0.2, 0.25) is 0 Å². The monoisotopic (exact) mass is 339 g/mol. The molecule has 25 heavy (non-hydrogen) atoms. The second kappa shape index (κ2) is 7.92. The smallest absolute Gasteiger partial charge is 0.218 e. The predicted molar refractivity (Wildman–Crippen MR) is 93.5 cm³/mol. The third-order valence-electron chi connectivity index (χ3n) is 3.92. The van der Waals surface area contributed by atoms with E-state index in [2.05, 4.69) is 41.3 Å². The maximum absolute atomic E-state index is 9.80. The summed E-state index contributed by atoms with van der Waals surface area (Å²) < 4.78 is 12.4. The topological polar surface area (TPSA) is 69.4 Å². The molecule has 3 aromatic rings. The first-order chi connectivity index (χ1) is 12.2. The lowest BCUT2D eigenvalue weighted by molar-refractivity contribution is -0.0769. The van der Waals surface area contributed by atoms with Gasteiger partial charge in [0, 0.05) is 24.9 Å². The van der Waals surface area contributed by atoms with Gasteiger partial charge in [-0.15, -0.1) is 0 Å². The molecule has 0 aliphatic rings. The molecule has 1 atom stereocenters. The number of rotatable bonds is 7. The van der Waals surface area contributed by atoms with E-state index in [0.717, 1.165) is 12.0 Å². The number of hydrogen-bond donors (Lipinski definition) is 1. The van der Waals surface area contributed by atoms with Gasteiger partial charge < -0.3 is 14.6 Å². The first-order valence-electron chi connectivity index (χ1n) is 8.13. The van der Waals surface area contributed by atoms with Crippen molar-refractivity contribution >= 4 is 0 Å². The van der Waals surface area contributed by atoms with Crippen molar-refractivity contribution in [3.63, 3.8) is 0 Å². The molecule has 0 bridgehead atoms. The summed E-state index contributed by atoms with van der Waals surface area (Å²) in [5.74, 6) is 1.13. The molecular weight excluding hydrogens is 318 g/mol. The standard InChI is InChI=1S/C19H21N3O3/c1-3-14-4-6-15(7-5-14)13-25-18-9-11-21-22(18)17-12-16(8-10-20-17)19(23)24-2/h4-12,19,23H,3,13H2,1-2H3. The number of hydrogen-bond acceptors (Lipinski definition) is 5. The van der Waals surface area contributed by atoms with Crippen LogP contribution in [0, 0.1) is 0 Å². The number of aliphatic hydroxyl groups is 1. The summed E-state index contributed by atoms with van der Waals surface area (Å²) in [4.78, 5) is 4.29. The highest BCUT2D eigenvalue weighted by Crippen LogP contribution is 2.20. The maximum atomic E-state index is 9.80. The molecule has 0 spiro atoms. The molecule has 0 aliphatic heterocycles. The minimum Gasteiger partial charge on any atom is -0.473 e. The molecule has 1 aromatic carbocycles. The molecule has 0 amide bonds. The van der Waals surface area contributed by atoms with Gasteiger partial charge in [-0.1, -0.05) is 31.2 Å². The molecule has 130 valence electrons. The highest BCUT2D eigenvalue weighted by atomic mass is 16.6. The van der Waals surface area contributed by atoms with E-state index in [4.69, 9.17) is 9.47 Å². The molecule has 6 heteroatoms. The molecule has 1 N–H and O–H groups in total. The zero-order valence-corrected chi connectivity index (χ0v) is 14.3. The predicted octanol–water partition coefficient (Wildman–Crippen LogP) is 3.05. The Bertz CT molecular complexity index is 815. The number of nitrogens with zero attached hydrogens (tertiary/aromatic N) is 3. The fourth-order valence-electron chi connectivity index (χ4n) is 2.44. The van der Waals surface area contributed by atoms with Gasteiger partial charge in [0.15, 0.2) is 12.1 Å². The summed E-state index contributed by atoms with van der Waals surface area (Å²) in [5, 5.41) is 14.1. The minimum atomic E-state index is -1.00. The second-order valence-electron chi connectivity index (χ2n) is 5.58. The molecule has 0 radical (unpaired) electrons. The molecule has 3 rings (SSSR count). The van der Waals surface area contributed by atoms with E-state index in [1.807, 2.05) is 0 Å². The van der Waals surface area contributed by atoms with Crippen molar-refractivity contribution in [2.45, 2.75) is 26.2 Å². The summed E-state index contributed by atoms with van der Waals surface area (Å²) >= 11 is 0. The Balaban J connectivity index is 1.76. The average Bonchev–Trinajstić information content (AvgIpc) is 3.15. The van der Waals surface area contributed by atoms with Crippen molar-refractivity contribution in [2.75, 3.05) is 7.11 Å². The van der Waals surface area contributed by atoms with Crippen LogP contribution in [0.1, 0.15) is 29.9 Å². The molecular formula is C19H21N3O3. The highest BCUT2D eigenvalue weighted by Gasteiger charge is 2.11. The van der Waals surface area contributed by atoms with Gasteiger partial charge in [0.25, 0.3) is 0 Å². The first-order valence-corrected chi connectivity index (χ1v) is 8.13. The van der Waals surface area contributed by atoms with Crippen molar-refractivity contribution in [1.29, 1.82) is 0 Å². The zero-order valence-electron chi connectivity index (χ0n) is 14.3. The van der Waals surface area contributed by atoms with E-state index < -0.39 is 6.29 Å². The van der Waals surface area contributed by atoms with Crippen LogP contribution in [0.15, 0.2) is 54.9 Å². The Kier molecular flexibility index (Phi) is 5.42. The van der Waals surface area contributed by atoms with E-state index in [-0.39, 0.29) is 0 Å². The third kappa shape index (κ3) is 4.04. The first kappa shape index (κ1) is 17.1. The van der Waals surface area contributed by atoms with Gasteiger partial charge in [0.05, 0.1) is 6.20 Å². The van der Waals surface area contributed by atoms with Crippen molar-refractivity contribution in [3.05, 3.63) is 71.5 Å². The Morgan fingerprint density at radius 2 is 1.84 bits per heavy atom. The fraction of sp³-hybridized carbons (Fsp3) is 0.263. The largest absolute Gasteiger partial charge is 0.473 e. The second-order valence-corrected chi connectivity index (χ2v) is 5.58. The Morgan fingerprint density at radius 1 is 1.08 bits per heavy atom. The number of aliphatic hydroxyl groups excluding tert-OH is 1.